The van der Waals surface area contributed by atoms with Crippen molar-refractivity contribution in [3.05, 3.63) is 48.2 Å². The number of pyridine rings is 1. The van der Waals surface area contributed by atoms with Crippen LogP contribution in [0.4, 0.5) is 0 Å². The SMILES string of the molecule is CC(=O)N1CC2CC1CN2Cc1ccc(Oc2nc3cccnc3s2)cc1. The maximum atomic E-state index is 11.6. The largest absolute Gasteiger partial charge is 0.431 e. The first-order valence-electron chi connectivity index (χ1n) is 9.15. The fourth-order valence-corrected chi connectivity index (χ4v) is 4.90. The number of fused-ring (bicyclic) bond motifs is 3. The second kappa shape index (κ2) is 6.58. The molecule has 27 heavy (non-hydrogen) atoms. The van der Waals surface area contributed by atoms with Crippen molar-refractivity contribution in [1.29, 1.82) is 0 Å². The third kappa shape index (κ3) is 3.17. The van der Waals surface area contributed by atoms with Gasteiger partial charge in [0.25, 0.3) is 5.19 Å². The zero-order chi connectivity index (χ0) is 18.4. The van der Waals surface area contributed by atoms with Crippen molar-refractivity contribution in [1.82, 2.24) is 19.8 Å². The van der Waals surface area contributed by atoms with Crippen molar-refractivity contribution in [2.75, 3.05) is 13.1 Å². The molecule has 6 nitrogen and oxygen atoms in total. The Bertz CT molecular complexity index is 954. The molecule has 0 radical (unpaired) electrons. The fraction of sp³-hybridized carbons (Fsp3) is 0.350. The number of piperazine rings is 1. The summed E-state index contributed by atoms with van der Waals surface area (Å²) in [7, 11) is 0. The molecule has 2 aliphatic heterocycles. The number of carbonyl (C=O) groups is 1. The number of benzene rings is 1. The van der Waals surface area contributed by atoms with Gasteiger partial charge in [-0.1, -0.05) is 23.5 Å². The monoisotopic (exact) mass is 380 g/mol. The van der Waals surface area contributed by atoms with Crippen LogP contribution in [0.5, 0.6) is 10.9 Å². The van der Waals surface area contributed by atoms with Gasteiger partial charge in [-0.3, -0.25) is 9.69 Å². The highest BCUT2D eigenvalue weighted by molar-refractivity contribution is 7.19. The number of carbonyl (C=O) groups excluding carboxylic acids is 1. The molecular weight excluding hydrogens is 360 g/mol. The van der Waals surface area contributed by atoms with E-state index in [1.807, 2.05) is 29.2 Å². The van der Waals surface area contributed by atoms with E-state index in [4.69, 9.17) is 4.74 Å². The van der Waals surface area contributed by atoms with Crippen molar-refractivity contribution in [3.8, 4) is 10.9 Å². The van der Waals surface area contributed by atoms with E-state index in [-0.39, 0.29) is 5.91 Å². The van der Waals surface area contributed by atoms with Gasteiger partial charge >= 0.3 is 0 Å². The minimum absolute atomic E-state index is 0.202. The Hall–Kier alpha value is -2.51. The van der Waals surface area contributed by atoms with Crippen LogP contribution in [0.15, 0.2) is 42.6 Å². The van der Waals surface area contributed by atoms with Gasteiger partial charge in [0.05, 0.1) is 0 Å². The summed E-state index contributed by atoms with van der Waals surface area (Å²) >= 11 is 1.45. The first-order chi connectivity index (χ1) is 13.2. The average Bonchev–Trinajstić information content (AvgIpc) is 3.36. The zero-order valence-electron chi connectivity index (χ0n) is 15.0. The quantitative estimate of drug-likeness (QED) is 0.695. The molecule has 1 aromatic carbocycles. The number of likely N-dealkylation sites (tertiary alicyclic amines) is 2. The normalized spacial score (nSPS) is 21.9. The van der Waals surface area contributed by atoms with Crippen LogP contribution in [0.2, 0.25) is 0 Å². The molecule has 2 aliphatic rings. The highest BCUT2D eigenvalue weighted by Gasteiger charge is 2.43. The standard InChI is InChI=1S/C20H20N4O2S/c1-13(25)24-12-15-9-16(24)11-23(15)10-14-4-6-17(7-5-14)26-20-22-18-3-2-8-21-19(18)27-20/h2-8,15-16H,9-12H2,1H3. The molecule has 5 rings (SSSR count). The van der Waals surface area contributed by atoms with Gasteiger partial charge in [-0.05, 0) is 36.2 Å². The molecule has 0 aliphatic carbocycles. The van der Waals surface area contributed by atoms with E-state index >= 15 is 0 Å². The topological polar surface area (TPSA) is 58.6 Å². The predicted molar refractivity (Wildman–Crippen MR) is 104 cm³/mol. The van der Waals surface area contributed by atoms with E-state index in [9.17, 15) is 4.79 Å². The van der Waals surface area contributed by atoms with Gasteiger partial charge in [0, 0.05) is 44.8 Å². The first kappa shape index (κ1) is 16.6. The number of thiazole rings is 1. The zero-order valence-corrected chi connectivity index (χ0v) is 15.9. The minimum Gasteiger partial charge on any atom is -0.431 e. The third-order valence-corrected chi connectivity index (χ3v) is 6.28. The predicted octanol–water partition coefficient (Wildman–Crippen LogP) is 3.29. The third-order valence-electron chi connectivity index (χ3n) is 5.42. The van der Waals surface area contributed by atoms with Crippen LogP contribution >= 0.6 is 11.3 Å². The summed E-state index contributed by atoms with van der Waals surface area (Å²) in [5.74, 6) is 0.984. The number of aromatic nitrogens is 2. The molecule has 1 amide bonds. The number of nitrogens with zero attached hydrogens (tertiary/aromatic N) is 4. The number of hydrogen-bond acceptors (Lipinski definition) is 6. The molecule has 0 N–H and O–H groups in total. The van der Waals surface area contributed by atoms with Crippen molar-refractivity contribution in [2.24, 2.45) is 0 Å². The molecule has 2 unspecified atom stereocenters. The molecule has 4 heterocycles. The summed E-state index contributed by atoms with van der Waals surface area (Å²) < 4.78 is 5.89. The summed E-state index contributed by atoms with van der Waals surface area (Å²) in [6, 6.07) is 12.9. The fourth-order valence-electron chi connectivity index (χ4n) is 4.12. The Morgan fingerprint density at radius 1 is 1.22 bits per heavy atom. The lowest BCUT2D eigenvalue weighted by molar-refractivity contribution is -0.131. The van der Waals surface area contributed by atoms with E-state index in [0.717, 1.165) is 42.2 Å². The van der Waals surface area contributed by atoms with Crippen LogP contribution < -0.4 is 4.74 Å². The second-order valence-electron chi connectivity index (χ2n) is 7.20. The molecule has 0 spiro atoms. The molecule has 2 saturated heterocycles. The van der Waals surface area contributed by atoms with Gasteiger partial charge in [0.1, 0.15) is 16.1 Å². The van der Waals surface area contributed by atoms with E-state index in [1.165, 1.54) is 16.9 Å². The summed E-state index contributed by atoms with van der Waals surface area (Å²) in [6.07, 6.45) is 2.87. The lowest BCUT2D eigenvalue weighted by Crippen LogP contribution is -2.47. The van der Waals surface area contributed by atoms with Crippen molar-refractivity contribution < 1.29 is 9.53 Å². The van der Waals surface area contributed by atoms with E-state index in [0.29, 0.717) is 17.3 Å². The van der Waals surface area contributed by atoms with Crippen LogP contribution in [0.25, 0.3) is 10.3 Å². The molecule has 2 aromatic heterocycles. The van der Waals surface area contributed by atoms with Crippen molar-refractivity contribution in [3.63, 3.8) is 0 Å². The minimum atomic E-state index is 0.202. The van der Waals surface area contributed by atoms with E-state index in [2.05, 4.69) is 27.0 Å². The number of rotatable bonds is 4. The maximum absolute atomic E-state index is 11.6. The molecular formula is C20H20N4O2S. The average molecular weight is 380 g/mol. The van der Waals surface area contributed by atoms with Gasteiger partial charge in [-0.25, -0.2) is 9.97 Å². The molecule has 7 heteroatoms. The van der Waals surface area contributed by atoms with Crippen LogP contribution in [-0.4, -0.2) is 50.8 Å². The van der Waals surface area contributed by atoms with Gasteiger partial charge in [-0.2, -0.15) is 0 Å². The van der Waals surface area contributed by atoms with E-state index in [1.54, 1.807) is 13.1 Å². The van der Waals surface area contributed by atoms with Crippen LogP contribution in [-0.2, 0) is 11.3 Å². The number of ether oxygens (including phenoxy) is 1. The van der Waals surface area contributed by atoms with Gasteiger partial charge in [-0.15, -0.1) is 0 Å². The maximum Gasteiger partial charge on any atom is 0.281 e. The Kier molecular flexibility index (Phi) is 4.06. The second-order valence-corrected chi connectivity index (χ2v) is 8.14. The molecule has 2 fully saturated rings. The van der Waals surface area contributed by atoms with Crippen molar-refractivity contribution >= 4 is 27.6 Å². The highest BCUT2D eigenvalue weighted by Crippen LogP contribution is 2.33. The highest BCUT2D eigenvalue weighted by atomic mass is 32.1. The Morgan fingerprint density at radius 3 is 2.78 bits per heavy atom. The Morgan fingerprint density at radius 2 is 2.07 bits per heavy atom. The Balaban J connectivity index is 1.23. The van der Waals surface area contributed by atoms with Gasteiger partial charge < -0.3 is 9.64 Å². The summed E-state index contributed by atoms with van der Waals surface area (Å²) in [6.45, 7) is 4.43. The van der Waals surface area contributed by atoms with Crippen LogP contribution in [0, 0.1) is 0 Å². The van der Waals surface area contributed by atoms with Gasteiger partial charge in [0.2, 0.25) is 5.91 Å². The van der Waals surface area contributed by atoms with Crippen molar-refractivity contribution in [2.45, 2.75) is 32.0 Å². The first-order valence-corrected chi connectivity index (χ1v) is 9.97. The van der Waals surface area contributed by atoms with E-state index < -0.39 is 0 Å². The number of amides is 1. The smallest absolute Gasteiger partial charge is 0.281 e. The Labute approximate surface area is 161 Å². The van der Waals surface area contributed by atoms with Crippen LogP contribution in [0.1, 0.15) is 18.9 Å². The lowest BCUT2D eigenvalue weighted by Gasteiger charge is -2.33. The molecule has 0 saturated carbocycles. The number of hydrogen-bond donors (Lipinski definition) is 0. The lowest BCUT2D eigenvalue weighted by atomic mass is 10.2. The summed E-state index contributed by atoms with van der Waals surface area (Å²) in [5.41, 5.74) is 2.12. The summed E-state index contributed by atoms with van der Waals surface area (Å²) in [4.78, 5) is 25.8. The molecule has 138 valence electrons. The molecule has 2 bridgehead atoms. The van der Waals surface area contributed by atoms with Crippen LogP contribution in [0.3, 0.4) is 0 Å². The molecule has 3 aromatic rings. The summed E-state index contributed by atoms with van der Waals surface area (Å²) in [5, 5.41) is 0.609. The molecule has 2 atom stereocenters. The van der Waals surface area contributed by atoms with Gasteiger partial charge in [0.15, 0.2) is 0 Å².